The van der Waals surface area contributed by atoms with Crippen molar-refractivity contribution in [1.29, 1.82) is 0 Å². The van der Waals surface area contributed by atoms with E-state index in [0.29, 0.717) is 28.6 Å². The maximum Gasteiger partial charge on any atom is 0.136 e. The van der Waals surface area contributed by atoms with Gasteiger partial charge < -0.3 is 10.1 Å². The molecule has 20 heavy (non-hydrogen) atoms. The molecule has 0 radical (unpaired) electrons. The molecule has 0 amide bonds. The lowest BCUT2D eigenvalue weighted by Crippen LogP contribution is -2.04. The highest BCUT2D eigenvalue weighted by Gasteiger charge is 2.10. The van der Waals surface area contributed by atoms with E-state index in [1.807, 2.05) is 0 Å². The van der Waals surface area contributed by atoms with Crippen molar-refractivity contribution >= 4 is 5.82 Å². The van der Waals surface area contributed by atoms with Gasteiger partial charge in [-0.2, -0.15) is 0 Å². The summed E-state index contributed by atoms with van der Waals surface area (Å²) in [5, 5.41) is 3.19. The Morgan fingerprint density at radius 1 is 1.25 bits per heavy atom. The molecule has 0 saturated carbocycles. The Hall–Kier alpha value is -2.17. The second kappa shape index (κ2) is 6.32. The number of aryl methyl sites for hydroxylation is 1. The molecule has 1 heterocycles. The zero-order valence-electron chi connectivity index (χ0n) is 11.9. The van der Waals surface area contributed by atoms with Crippen molar-refractivity contribution < 1.29 is 9.13 Å². The first kappa shape index (κ1) is 14.2. The van der Waals surface area contributed by atoms with Crippen LogP contribution in [-0.4, -0.2) is 23.6 Å². The van der Waals surface area contributed by atoms with E-state index in [1.54, 1.807) is 25.1 Å². The van der Waals surface area contributed by atoms with Crippen LogP contribution in [0.25, 0.3) is 11.3 Å². The van der Waals surface area contributed by atoms with Gasteiger partial charge in [0.15, 0.2) is 0 Å². The smallest absolute Gasteiger partial charge is 0.136 e. The van der Waals surface area contributed by atoms with Gasteiger partial charge in [-0.25, -0.2) is 14.4 Å². The maximum atomic E-state index is 14.1. The van der Waals surface area contributed by atoms with Crippen molar-refractivity contribution in [3.05, 3.63) is 35.9 Å². The first-order valence-electron chi connectivity index (χ1n) is 6.57. The molecule has 0 fully saturated rings. The average Bonchev–Trinajstić information content (AvgIpc) is 2.44. The number of methoxy groups -OCH3 is 1. The lowest BCUT2D eigenvalue weighted by Gasteiger charge is -2.09. The fourth-order valence-electron chi connectivity index (χ4n) is 1.88. The quantitative estimate of drug-likeness (QED) is 0.908. The van der Waals surface area contributed by atoms with Crippen LogP contribution < -0.4 is 10.1 Å². The highest BCUT2D eigenvalue weighted by atomic mass is 19.1. The molecule has 0 atom stereocenters. The first-order chi connectivity index (χ1) is 9.63. The summed E-state index contributed by atoms with van der Waals surface area (Å²) in [6, 6.07) is 6.49. The molecular formula is C15H18FN3O. The van der Waals surface area contributed by atoms with Gasteiger partial charge in [-0.3, -0.25) is 0 Å². The Morgan fingerprint density at radius 2 is 2.05 bits per heavy atom. The van der Waals surface area contributed by atoms with Crippen molar-refractivity contribution in [1.82, 2.24) is 9.97 Å². The Kier molecular flexibility index (Phi) is 4.50. The van der Waals surface area contributed by atoms with Crippen molar-refractivity contribution in [2.45, 2.75) is 20.3 Å². The van der Waals surface area contributed by atoms with Gasteiger partial charge in [0.2, 0.25) is 0 Å². The Bertz CT molecular complexity index is 602. The summed E-state index contributed by atoms with van der Waals surface area (Å²) in [5.74, 6) is 1.45. The van der Waals surface area contributed by atoms with Crippen LogP contribution in [0.1, 0.15) is 19.2 Å². The zero-order valence-corrected chi connectivity index (χ0v) is 11.9. The van der Waals surface area contributed by atoms with Gasteiger partial charge in [-0.15, -0.1) is 0 Å². The topological polar surface area (TPSA) is 47.0 Å². The monoisotopic (exact) mass is 275 g/mol. The number of anilines is 1. The number of nitrogens with zero attached hydrogens (tertiary/aromatic N) is 2. The van der Waals surface area contributed by atoms with E-state index in [1.165, 1.54) is 13.2 Å². The number of aromatic nitrogens is 2. The Balaban J connectivity index is 2.39. The standard InChI is InChI=1S/C15H18FN3O/c1-4-7-17-15-9-14(18-10(2)19-15)12-6-5-11(20-3)8-13(12)16/h5-6,8-9H,4,7H2,1-3H3,(H,17,18,19). The van der Waals surface area contributed by atoms with Gasteiger partial charge in [-0.05, 0) is 25.5 Å². The van der Waals surface area contributed by atoms with Crippen LogP contribution in [-0.2, 0) is 0 Å². The molecule has 1 N–H and O–H groups in total. The first-order valence-corrected chi connectivity index (χ1v) is 6.57. The second-order valence-electron chi connectivity index (χ2n) is 4.46. The van der Waals surface area contributed by atoms with Crippen LogP contribution in [0.15, 0.2) is 24.3 Å². The number of hydrogen-bond donors (Lipinski definition) is 1. The molecule has 0 aliphatic rings. The van der Waals surface area contributed by atoms with Gasteiger partial charge in [0.05, 0.1) is 12.8 Å². The lowest BCUT2D eigenvalue weighted by molar-refractivity contribution is 0.411. The number of ether oxygens (including phenoxy) is 1. The molecule has 2 aromatic rings. The highest BCUT2D eigenvalue weighted by Crippen LogP contribution is 2.26. The van der Waals surface area contributed by atoms with Crippen LogP contribution in [0, 0.1) is 12.7 Å². The van der Waals surface area contributed by atoms with Crippen LogP contribution in [0.3, 0.4) is 0 Å². The fourth-order valence-corrected chi connectivity index (χ4v) is 1.88. The molecular weight excluding hydrogens is 257 g/mol. The van der Waals surface area contributed by atoms with E-state index < -0.39 is 0 Å². The van der Waals surface area contributed by atoms with E-state index in [4.69, 9.17) is 4.74 Å². The number of rotatable bonds is 5. The summed E-state index contributed by atoms with van der Waals surface area (Å²) in [5.41, 5.74) is 1.01. The third-order valence-corrected chi connectivity index (χ3v) is 2.85. The number of nitrogens with one attached hydrogen (secondary N) is 1. The van der Waals surface area contributed by atoms with E-state index in [9.17, 15) is 4.39 Å². The molecule has 1 aromatic heterocycles. The molecule has 0 spiro atoms. The molecule has 4 nitrogen and oxygen atoms in total. The normalized spacial score (nSPS) is 10.4. The molecule has 2 rings (SSSR count). The predicted molar refractivity (Wildman–Crippen MR) is 77.5 cm³/mol. The molecule has 0 saturated heterocycles. The third-order valence-electron chi connectivity index (χ3n) is 2.85. The summed E-state index contributed by atoms with van der Waals surface area (Å²) in [4.78, 5) is 8.59. The largest absolute Gasteiger partial charge is 0.497 e. The van der Waals surface area contributed by atoms with Gasteiger partial charge in [0.25, 0.3) is 0 Å². The number of benzene rings is 1. The van der Waals surface area contributed by atoms with E-state index in [2.05, 4.69) is 22.2 Å². The molecule has 5 heteroatoms. The maximum absolute atomic E-state index is 14.1. The minimum atomic E-state index is -0.358. The lowest BCUT2D eigenvalue weighted by atomic mass is 10.1. The molecule has 0 bridgehead atoms. The molecule has 0 aliphatic carbocycles. The number of halogens is 1. The van der Waals surface area contributed by atoms with Crippen molar-refractivity contribution in [2.75, 3.05) is 19.0 Å². The molecule has 1 aromatic carbocycles. The fraction of sp³-hybridized carbons (Fsp3) is 0.333. The minimum absolute atomic E-state index is 0.358. The van der Waals surface area contributed by atoms with Crippen molar-refractivity contribution in [2.24, 2.45) is 0 Å². The van der Waals surface area contributed by atoms with Crippen molar-refractivity contribution in [3.8, 4) is 17.0 Å². The third kappa shape index (κ3) is 3.23. The molecule has 0 unspecified atom stereocenters. The minimum Gasteiger partial charge on any atom is -0.497 e. The molecule has 0 aliphatic heterocycles. The van der Waals surface area contributed by atoms with Gasteiger partial charge in [0.1, 0.15) is 23.2 Å². The van der Waals surface area contributed by atoms with Gasteiger partial charge >= 0.3 is 0 Å². The summed E-state index contributed by atoms with van der Waals surface area (Å²) in [6.07, 6.45) is 0.995. The second-order valence-corrected chi connectivity index (χ2v) is 4.46. The predicted octanol–water partition coefficient (Wildman–Crippen LogP) is 3.42. The Labute approximate surface area is 118 Å². The SMILES string of the molecule is CCCNc1cc(-c2ccc(OC)cc2F)nc(C)n1. The summed E-state index contributed by atoms with van der Waals surface area (Å²) >= 11 is 0. The summed E-state index contributed by atoms with van der Waals surface area (Å²) in [7, 11) is 1.51. The van der Waals surface area contributed by atoms with Crippen molar-refractivity contribution in [3.63, 3.8) is 0 Å². The summed E-state index contributed by atoms with van der Waals surface area (Å²) in [6.45, 7) is 4.69. The average molecular weight is 275 g/mol. The van der Waals surface area contributed by atoms with Gasteiger partial charge in [-0.1, -0.05) is 6.92 Å². The number of hydrogen-bond acceptors (Lipinski definition) is 4. The zero-order chi connectivity index (χ0) is 14.5. The summed E-state index contributed by atoms with van der Waals surface area (Å²) < 4.78 is 19.1. The van der Waals surface area contributed by atoms with Gasteiger partial charge in [0, 0.05) is 24.2 Å². The Morgan fingerprint density at radius 3 is 2.70 bits per heavy atom. The highest BCUT2D eigenvalue weighted by molar-refractivity contribution is 5.64. The van der Waals surface area contributed by atoms with E-state index in [0.717, 1.165) is 13.0 Å². The van der Waals surface area contributed by atoms with Crippen LogP contribution in [0.2, 0.25) is 0 Å². The van der Waals surface area contributed by atoms with Crippen LogP contribution in [0.5, 0.6) is 5.75 Å². The van der Waals surface area contributed by atoms with E-state index in [-0.39, 0.29) is 5.82 Å². The van der Waals surface area contributed by atoms with Crippen LogP contribution in [0.4, 0.5) is 10.2 Å². The van der Waals surface area contributed by atoms with Crippen LogP contribution >= 0.6 is 0 Å². The van der Waals surface area contributed by atoms with E-state index >= 15 is 0 Å². The molecule has 106 valence electrons.